The van der Waals surface area contributed by atoms with Gasteiger partial charge in [-0.15, -0.1) is 0 Å². The molecule has 2 aromatic carbocycles. The number of amides is 1. The van der Waals surface area contributed by atoms with Crippen LogP contribution < -0.4 is 19.7 Å². The molecule has 0 bridgehead atoms. The zero-order chi connectivity index (χ0) is 23.2. The van der Waals surface area contributed by atoms with E-state index in [2.05, 4.69) is 48.3 Å². The lowest BCUT2D eigenvalue weighted by Gasteiger charge is -2.15. The zero-order valence-electron chi connectivity index (χ0n) is 20.3. The number of hydrogen-bond donors (Lipinski definition) is 1. The number of unbranched alkanes of at least 4 members (excludes halogenated alkanes) is 4. The fourth-order valence-corrected chi connectivity index (χ4v) is 3.33. The van der Waals surface area contributed by atoms with Crippen LogP contribution >= 0.6 is 0 Å². The Morgan fingerprint density at radius 1 is 0.844 bits per heavy atom. The Morgan fingerprint density at radius 2 is 1.47 bits per heavy atom. The fourth-order valence-electron chi connectivity index (χ4n) is 3.33. The zero-order valence-corrected chi connectivity index (χ0v) is 20.3. The van der Waals surface area contributed by atoms with Gasteiger partial charge in [-0.2, -0.15) is 0 Å². The summed E-state index contributed by atoms with van der Waals surface area (Å²) in [7, 11) is 4.05. The van der Waals surface area contributed by atoms with E-state index in [1.54, 1.807) is 0 Å². The Balaban J connectivity index is 1.94. The molecule has 5 heteroatoms. The maximum atomic E-state index is 12.7. The van der Waals surface area contributed by atoms with Crippen LogP contribution in [-0.4, -0.2) is 39.8 Å². The first-order valence-electron chi connectivity index (χ1n) is 12.0. The van der Waals surface area contributed by atoms with Crippen molar-refractivity contribution in [2.24, 2.45) is 0 Å². The predicted octanol–water partition coefficient (Wildman–Crippen LogP) is 5.86. The van der Waals surface area contributed by atoms with Crippen molar-refractivity contribution in [3.05, 3.63) is 53.6 Å². The van der Waals surface area contributed by atoms with E-state index in [-0.39, 0.29) is 5.91 Å². The van der Waals surface area contributed by atoms with Crippen molar-refractivity contribution >= 4 is 11.6 Å². The molecule has 0 radical (unpaired) electrons. The van der Waals surface area contributed by atoms with Crippen LogP contribution in [0, 0.1) is 0 Å². The van der Waals surface area contributed by atoms with Crippen molar-refractivity contribution in [3.63, 3.8) is 0 Å². The first-order chi connectivity index (χ1) is 15.5. The molecule has 0 saturated heterocycles. The molecule has 0 heterocycles. The number of nitrogens with zero attached hydrogens (tertiary/aromatic N) is 1. The van der Waals surface area contributed by atoms with Gasteiger partial charge in [0.05, 0.1) is 13.2 Å². The van der Waals surface area contributed by atoms with Crippen LogP contribution in [0.15, 0.2) is 42.5 Å². The molecule has 0 aliphatic rings. The maximum absolute atomic E-state index is 12.7. The van der Waals surface area contributed by atoms with Crippen LogP contribution in [0.3, 0.4) is 0 Å². The summed E-state index contributed by atoms with van der Waals surface area (Å²) in [5.41, 5.74) is 2.97. The van der Waals surface area contributed by atoms with Crippen LogP contribution in [-0.2, 0) is 6.42 Å². The fraction of sp³-hybridized carbons (Fsp3) is 0.519. The molecule has 176 valence electrons. The van der Waals surface area contributed by atoms with Crippen molar-refractivity contribution in [3.8, 4) is 11.5 Å². The molecule has 0 aromatic heterocycles. The Morgan fingerprint density at radius 3 is 2.06 bits per heavy atom. The minimum absolute atomic E-state index is 0.0918. The minimum atomic E-state index is -0.0918. The largest absolute Gasteiger partial charge is 0.490 e. The second-order valence-electron chi connectivity index (χ2n) is 8.34. The summed E-state index contributed by atoms with van der Waals surface area (Å²) in [6.45, 7) is 6.23. The van der Waals surface area contributed by atoms with Crippen molar-refractivity contribution in [1.82, 2.24) is 5.32 Å². The van der Waals surface area contributed by atoms with Crippen molar-refractivity contribution in [2.75, 3.05) is 38.8 Å². The number of carbonyl (C=O) groups excluding carboxylic acids is 1. The van der Waals surface area contributed by atoms with Gasteiger partial charge >= 0.3 is 0 Å². The molecule has 0 atom stereocenters. The van der Waals surface area contributed by atoms with Crippen LogP contribution in [0.5, 0.6) is 11.5 Å². The molecule has 0 aliphatic heterocycles. The van der Waals surface area contributed by atoms with Gasteiger partial charge in [0.25, 0.3) is 5.91 Å². The molecule has 2 rings (SSSR count). The molecule has 32 heavy (non-hydrogen) atoms. The Labute approximate surface area is 194 Å². The van der Waals surface area contributed by atoms with Crippen LogP contribution in [0.2, 0.25) is 0 Å². The van der Waals surface area contributed by atoms with Crippen molar-refractivity contribution < 1.29 is 14.3 Å². The lowest BCUT2D eigenvalue weighted by Crippen LogP contribution is -2.25. The summed E-state index contributed by atoms with van der Waals surface area (Å²) < 4.78 is 11.9. The normalized spacial score (nSPS) is 10.6. The maximum Gasteiger partial charge on any atom is 0.251 e. The number of anilines is 1. The number of hydrogen-bond acceptors (Lipinski definition) is 4. The molecule has 1 N–H and O–H groups in total. The van der Waals surface area contributed by atoms with Crippen molar-refractivity contribution in [1.29, 1.82) is 0 Å². The van der Waals surface area contributed by atoms with E-state index in [0.29, 0.717) is 31.1 Å². The van der Waals surface area contributed by atoms with E-state index in [0.717, 1.165) is 50.7 Å². The van der Waals surface area contributed by atoms with Crippen LogP contribution in [0.1, 0.15) is 68.3 Å². The molecule has 1 amide bonds. The number of nitrogens with one attached hydrogen (secondary N) is 1. The number of rotatable bonds is 15. The Bertz CT molecular complexity index is 803. The average molecular weight is 441 g/mol. The van der Waals surface area contributed by atoms with Gasteiger partial charge in [-0.1, -0.05) is 51.7 Å². The van der Waals surface area contributed by atoms with Crippen molar-refractivity contribution in [2.45, 2.75) is 58.8 Å². The highest BCUT2D eigenvalue weighted by atomic mass is 16.5. The van der Waals surface area contributed by atoms with Gasteiger partial charge in [0, 0.05) is 31.9 Å². The van der Waals surface area contributed by atoms with Gasteiger partial charge in [-0.25, -0.2) is 0 Å². The van der Waals surface area contributed by atoms with E-state index in [1.165, 1.54) is 11.3 Å². The quantitative estimate of drug-likeness (QED) is 0.352. The summed E-state index contributed by atoms with van der Waals surface area (Å²) in [6.07, 6.45) is 7.37. The van der Waals surface area contributed by atoms with Gasteiger partial charge in [0.1, 0.15) is 0 Å². The smallest absolute Gasteiger partial charge is 0.251 e. The highest BCUT2D eigenvalue weighted by Crippen LogP contribution is 2.29. The third kappa shape index (κ3) is 8.81. The monoisotopic (exact) mass is 440 g/mol. The number of benzene rings is 2. The first kappa shape index (κ1) is 25.6. The molecule has 0 saturated carbocycles. The van der Waals surface area contributed by atoms with E-state index >= 15 is 0 Å². The molecule has 5 nitrogen and oxygen atoms in total. The van der Waals surface area contributed by atoms with Gasteiger partial charge in [0.2, 0.25) is 0 Å². The van der Waals surface area contributed by atoms with Gasteiger partial charge in [-0.05, 0) is 55.2 Å². The molecular weight excluding hydrogens is 400 g/mol. The predicted molar refractivity (Wildman–Crippen MR) is 133 cm³/mol. The van der Waals surface area contributed by atoms with Crippen LogP contribution in [0.4, 0.5) is 5.69 Å². The molecule has 0 unspecified atom stereocenters. The number of ether oxygens (including phenoxy) is 2. The lowest BCUT2D eigenvalue weighted by atomic mass is 10.1. The summed E-state index contributed by atoms with van der Waals surface area (Å²) in [6, 6.07) is 13.9. The van der Waals surface area contributed by atoms with E-state index in [4.69, 9.17) is 9.47 Å². The average Bonchev–Trinajstić information content (AvgIpc) is 2.80. The van der Waals surface area contributed by atoms with Gasteiger partial charge < -0.3 is 19.7 Å². The van der Waals surface area contributed by atoms with Gasteiger partial charge in [0.15, 0.2) is 11.5 Å². The Hall–Kier alpha value is -2.69. The second-order valence-corrected chi connectivity index (χ2v) is 8.34. The minimum Gasteiger partial charge on any atom is -0.490 e. The third-order valence-electron chi connectivity index (χ3n) is 5.37. The summed E-state index contributed by atoms with van der Waals surface area (Å²) in [4.78, 5) is 14.8. The summed E-state index contributed by atoms with van der Waals surface area (Å²) >= 11 is 0. The van der Waals surface area contributed by atoms with E-state index < -0.39 is 0 Å². The summed E-state index contributed by atoms with van der Waals surface area (Å²) in [5.74, 6) is 1.28. The SMILES string of the molecule is CCCCCOc1ccc(C(=O)NCCc2ccc(N(C)C)cc2)cc1OCCCCC. The third-order valence-corrected chi connectivity index (χ3v) is 5.37. The van der Waals surface area contributed by atoms with Crippen LogP contribution in [0.25, 0.3) is 0 Å². The Kier molecular flexibility index (Phi) is 11.5. The molecule has 0 aliphatic carbocycles. The standard InChI is InChI=1S/C27H40N2O3/c1-5-7-9-19-31-25-16-13-23(21-26(25)32-20-10-8-6-2)27(30)28-18-17-22-11-14-24(15-12-22)29(3)4/h11-16,21H,5-10,17-20H2,1-4H3,(H,28,30). The number of carbonyl (C=O) groups is 1. The molecule has 2 aromatic rings. The highest BCUT2D eigenvalue weighted by Gasteiger charge is 2.12. The molecule has 0 fully saturated rings. The first-order valence-corrected chi connectivity index (χ1v) is 12.0. The van der Waals surface area contributed by atoms with E-state index in [1.807, 2.05) is 32.3 Å². The molecular formula is C27H40N2O3. The summed E-state index contributed by atoms with van der Waals surface area (Å²) in [5, 5.41) is 3.02. The topological polar surface area (TPSA) is 50.8 Å². The van der Waals surface area contributed by atoms with E-state index in [9.17, 15) is 4.79 Å². The lowest BCUT2D eigenvalue weighted by molar-refractivity contribution is 0.0953. The second kappa shape index (κ2) is 14.4. The highest BCUT2D eigenvalue weighted by molar-refractivity contribution is 5.94. The van der Waals surface area contributed by atoms with Gasteiger partial charge in [-0.3, -0.25) is 4.79 Å². The molecule has 0 spiro atoms.